The van der Waals surface area contributed by atoms with Crippen LogP contribution in [0, 0.1) is 6.92 Å². The first kappa shape index (κ1) is 18.2. The van der Waals surface area contributed by atoms with Gasteiger partial charge in [-0.2, -0.15) is 0 Å². The van der Waals surface area contributed by atoms with Gasteiger partial charge in [0.15, 0.2) is 5.82 Å². The lowest BCUT2D eigenvalue weighted by molar-refractivity contribution is 0.0946. The van der Waals surface area contributed by atoms with Gasteiger partial charge in [0.05, 0.1) is 19.2 Å². The Morgan fingerprint density at radius 1 is 1.15 bits per heavy atom. The van der Waals surface area contributed by atoms with E-state index >= 15 is 0 Å². The van der Waals surface area contributed by atoms with Gasteiger partial charge in [0.2, 0.25) is 5.95 Å². The van der Waals surface area contributed by atoms with E-state index in [2.05, 4.69) is 25.8 Å². The first-order valence-electron chi connectivity index (χ1n) is 8.21. The molecule has 0 aliphatic rings. The summed E-state index contributed by atoms with van der Waals surface area (Å²) in [5.74, 6) is 2.67. The average Bonchev–Trinajstić information content (AvgIpc) is 3.10. The number of methoxy groups -OCH3 is 1. The van der Waals surface area contributed by atoms with Crippen LogP contribution < -0.4 is 20.1 Å². The fourth-order valence-electron chi connectivity index (χ4n) is 2.16. The number of aryl methyl sites for hydroxylation is 1. The summed E-state index contributed by atoms with van der Waals surface area (Å²) in [6.45, 7) is 2.47. The second-order valence-electron chi connectivity index (χ2n) is 5.52. The molecule has 9 heteroatoms. The predicted octanol–water partition coefficient (Wildman–Crippen LogP) is 2.33. The number of ether oxygens (including phenoxy) is 2. The molecule has 0 atom stereocenters. The molecule has 9 nitrogen and oxygen atoms in total. The third kappa shape index (κ3) is 5.18. The normalized spacial score (nSPS) is 10.3. The van der Waals surface area contributed by atoms with Crippen LogP contribution in [0.4, 0.5) is 11.8 Å². The number of amides is 1. The van der Waals surface area contributed by atoms with Gasteiger partial charge in [-0.15, -0.1) is 0 Å². The summed E-state index contributed by atoms with van der Waals surface area (Å²) < 4.78 is 15.6. The minimum absolute atomic E-state index is 0.280. The van der Waals surface area contributed by atoms with E-state index in [0.29, 0.717) is 42.0 Å². The SMILES string of the molecule is COc1ccc(OCCNC(=O)c2cnc(Nc3cc(C)on3)nc2)cc1. The van der Waals surface area contributed by atoms with Crippen LogP contribution in [-0.2, 0) is 0 Å². The molecule has 0 fully saturated rings. The largest absolute Gasteiger partial charge is 0.497 e. The van der Waals surface area contributed by atoms with Gasteiger partial charge >= 0.3 is 0 Å². The zero-order valence-electron chi connectivity index (χ0n) is 14.9. The van der Waals surface area contributed by atoms with E-state index < -0.39 is 0 Å². The molecule has 2 aromatic heterocycles. The molecule has 0 bridgehead atoms. The van der Waals surface area contributed by atoms with Gasteiger partial charge in [-0.3, -0.25) is 4.79 Å². The number of carbonyl (C=O) groups excluding carboxylic acids is 1. The van der Waals surface area contributed by atoms with Crippen molar-refractivity contribution in [3.8, 4) is 11.5 Å². The Labute approximate surface area is 155 Å². The molecule has 140 valence electrons. The molecule has 1 amide bonds. The lowest BCUT2D eigenvalue weighted by atomic mass is 10.3. The maximum absolute atomic E-state index is 12.1. The Hall–Kier alpha value is -3.62. The summed E-state index contributed by atoms with van der Waals surface area (Å²) in [7, 11) is 1.60. The molecular formula is C18H19N5O4. The van der Waals surface area contributed by atoms with Crippen molar-refractivity contribution >= 4 is 17.7 Å². The average molecular weight is 369 g/mol. The number of aromatic nitrogens is 3. The van der Waals surface area contributed by atoms with Crippen molar-refractivity contribution in [2.75, 3.05) is 25.6 Å². The maximum Gasteiger partial charge on any atom is 0.254 e. The monoisotopic (exact) mass is 369 g/mol. The van der Waals surface area contributed by atoms with Crippen LogP contribution in [0.25, 0.3) is 0 Å². The first-order valence-corrected chi connectivity index (χ1v) is 8.21. The summed E-state index contributed by atoms with van der Waals surface area (Å²) in [5.41, 5.74) is 0.348. The zero-order valence-corrected chi connectivity index (χ0v) is 14.9. The highest BCUT2D eigenvalue weighted by Crippen LogP contribution is 2.16. The van der Waals surface area contributed by atoms with Gasteiger partial charge in [0.25, 0.3) is 5.91 Å². The van der Waals surface area contributed by atoms with Gasteiger partial charge in [-0.1, -0.05) is 5.16 Å². The van der Waals surface area contributed by atoms with Crippen LogP contribution >= 0.6 is 0 Å². The lowest BCUT2D eigenvalue weighted by Crippen LogP contribution is -2.28. The second-order valence-corrected chi connectivity index (χ2v) is 5.52. The van der Waals surface area contributed by atoms with E-state index in [9.17, 15) is 4.79 Å². The van der Waals surface area contributed by atoms with Gasteiger partial charge in [-0.05, 0) is 31.2 Å². The number of nitrogens with zero attached hydrogens (tertiary/aromatic N) is 3. The topological polar surface area (TPSA) is 111 Å². The zero-order chi connectivity index (χ0) is 19.1. The van der Waals surface area contributed by atoms with E-state index in [0.717, 1.165) is 5.75 Å². The van der Waals surface area contributed by atoms with Gasteiger partial charge < -0.3 is 24.6 Å². The summed E-state index contributed by atoms with van der Waals surface area (Å²) in [4.78, 5) is 20.3. The van der Waals surface area contributed by atoms with Crippen LogP contribution in [-0.4, -0.2) is 41.3 Å². The molecule has 3 aromatic rings. The van der Waals surface area contributed by atoms with Crippen LogP contribution in [0.3, 0.4) is 0 Å². The Bertz CT molecular complexity index is 878. The summed E-state index contributed by atoms with van der Waals surface area (Å²) in [5, 5.41) is 9.42. The van der Waals surface area contributed by atoms with Crippen molar-refractivity contribution in [1.29, 1.82) is 0 Å². The fourth-order valence-corrected chi connectivity index (χ4v) is 2.16. The van der Waals surface area contributed by atoms with E-state index in [1.165, 1.54) is 12.4 Å². The van der Waals surface area contributed by atoms with Gasteiger partial charge in [0.1, 0.15) is 23.9 Å². The summed E-state index contributed by atoms with van der Waals surface area (Å²) in [6, 6.07) is 8.93. The fraction of sp³-hybridized carbons (Fsp3) is 0.222. The molecule has 27 heavy (non-hydrogen) atoms. The Morgan fingerprint density at radius 3 is 2.48 bits per heavy atom. The quantitative estimate of drug-likeness (QED) is 0.582. The highest BCUT2D eigenvalue weighted by atomic mass is 16.5. The van der Waals surface area contributed by atoms with Crippen LogP contribution in [0.1, 0.15) is 16.1 Å². The van der Waals surface area contributed by atoms with Crippen LogP contribution in [0.15, 0.2) is 47.2 Å². The number of benzene rings is 1. The first-order chi connectivity index (χ1) is 13.1. The molecule has 2 heterocycles. The number of nitrogens with one attached hydrogen (secondary N) is 2. The number of hydrogen-bond acceptors (Lipinski definition) is 8. The van der Waals surface area contributed by atoms with Crippen LogP contribution in [0.2, 0.25) is 0 Å². The Morgan fingerprint density at radius 2 is 1.85 bits per heavy atom. The highest BCUT2D eigenvalue weighted by Gasteiger charge is 2.08. The van der Waals surface area contributed by atoms with Crippen molar-refractivity contribution in [2.45, 2.75) is 6.92 Å². The van der Waals surface area contributed by atoms with Gasteiger partial charge in [0, 0.05) is 18.5 Å². The van der Waals surface area contributed by atoms with E-state index in [1.54, 1.807) is 44.4 Å². The minimum Gasteiger partial charge on any atom is -0.497 e. The van der Waals surface area contributed by atoms with Gasteiger partial charge in [-0.25, -0.2) is 9.97 Å². The maximum atomic E-state index is 12.1. The third-order valence-corrected chi connectivity index (χ3v) is 3.50. The molecule has 0 aliphatic carbocycles. The smallest absolute Gasteiger partial charge is 0.254 e. The van der Waals surface area contributed by atoms with Crippen LogP contribution in [0.5, 0.6) is 11.5 Å². The standard InChI is InChI=1S/C18H19N5O4/c1-12-9-16(23-27-12)22-18-20-10-13(11-21-18)17(24)19-7-8-26-15-5-3-14(25-2)4-6-15/h3-6,9-11H,7-8H2,1-2H3,(H,19,24)(H,20,21,22,23). The molecule has 0 spiro atoms. The molecule has 0 saturated carbocycles. The molecule has 1 aromatic carbocycles. The van der Waals surface area contributed by atoms with E-state index in [1.807, 2.05) is 0 Å². The molecule has 3 rings (SSSR count). The number of rotatable bonds is 8. The van der Waals surface area contributed by atoms with E-state index in [-0.39, 0.29) is 5.91 Å². The highest BCUT2D eigenvalue weighted by molar-refractivity contribution is 5.93. The van der Waals surface area contributed by atoms with Crippen molar-refractivity contribution in [3.05, 3.63) is 54.0 Å². The minimum atomic E-state index is -0.280. The summed E-state index contributed by atoms with van der Waals surface area (Å²) >= 11 is 0. The molecule has 0 unspecified atom stereocenters. The van der Waals surface area contributed by atoms with Crippen molar-refractivity contribution in [3.63, 3.8) is 0 Å². The second kappa shape index (κ2) is 8.65. The molecule has 0 saturated heterocycles. The Balaban J connectivity index is 1.43. The molecular weight excluding hydrogens is 350 g/mol. The molecule has 0 radical (unpaired) electrons. The third-order valence-electron chi connectivity index (χ3n) is 3.50. The number of hydrogen-bond donors (Lipinski definition) is 2. The van der Waals surface area contributed by atoms with Crippen molar-refractivity contribution in [2.24, 2.45) is 0 Å². The van der Waals surface area contributed by atoms with E-state index in [4.69, 9.17) is 14.0 Å². The predicted molar refractivity (Wildman–Crippen MR) is 97.4 cm³/mol. The van der Waals surface area contributed by atoms with Crippen molar-refractivity contribution in [1.82, 2.24) is 20.4 Å². The van der Waals surface area contributed by atoms with Crippen molar-refractivity contribution < 1.29 is 18.8 Å². The molecule has 0 aliphatic heterocycles. The number of carbonyl (C=O) groups is 1. The lowest BCUT2D eigenvalue weighted by Gasteiger charge is -2.08. The number of anilines is 2. The summed E-state index contributed by atoms with van der Waals surface area (Å²) in [6.07, 6.45) is 2.86. The Kier molecular flexibility index (Phi) is 5.83. The molecule has 2 N–H and O–H groups in total.